The highest BCUT2D eigenvalue weighted by atomic mass is 16.4. The molecule has 0 aromatic heterocycles. The number of hydrogen-bond donors (Lipinski definition) is 2. The fourth-order valence-corrected chi connectivity index (χ4v) is 2.48. The van der Waals surface area contributed by atoms with Gasteiger partial charge in [-0.2, -0.15) is 0 Å². The maximum atomic E-state index is 11.1. The van der Waals surface area contributed by atoms with Crippen molar-refractivity contribution in [2.24, 2.45) is 5.92 Å². The molecule has 0 aromatic rings. The zero-order valence-corrected chi connectivity index (χ0v) is 12.4. The second-order valence-corrected chi connectivity index (χ2v) is 5.65. The summed E-state index contributed by atoms with van der Waals surface area (Å²) in [5.41, 5.74) is 0. The molecule has 1 aliphatic rings. The Morgan fingerprint density at radius 1 is 1.10 bits per heavy atom. The molecule has 6 nitrogen and oxygen atoms in total. The maximum absolute atomic E-state index is 11.1. The second kappa shape index (κ2) is 8.21. The fraction of sp³-hybridized carbons (Fsp3) is 0.857. The lowest BCUT2D eigenvalue weighted by Gasteiger charge is -2.32. The lowest BCUT2D eigenvalue weighted by atomic mass is 10.1. The van der Waals surface area contributed by atoms with E-state index in [0.29, 0.717) is 6.54 Å². The Bertz CT molecular complexity index is 329. The number of carboxylic acids is 2. The third-order valence-corrected chi connectivity index (χ3v) is 3.99. The molecule has 0 spiro atoms. The summed E-state index contributed by atoms with van der Waals surface area (Å²) in [5, 5.41) is 18.1. The molecule has 1 rings (SSSR count). The van der Waals surface area contributed by atoms with E-state index in [4.69, 9.17) is 10.2 Å². The van der Waals surface area contributed by atoms with Crippen LogP contribution in [-0.4, -0.2) is 70.7 Å². The zero-order chi connectivity index (χ0) is 15.1. The number of carbonyl (C=O) groups is 2. The number of likely N-dealkylation sites (tertiary alicyclic amines) is 1. The minimum Gasteiger partial charge on any atom is -0.481 e. The van der Waals surface area contributed by atoms with Gasteiger partial charge in [0.25, 0.3) is 0 Å². The van der Waals surface area contributed by atoms with Crippen molar-refractivity contribution >= 4 is 11.9 Å². The van der Waals surface area contributed by atoms with Crippen molar-refractivity contribution in [3.8, 4) is 0 Å². The first-order valence-corrected chi connectivity index (χ1v) is 7.34. The molecule has 1 saturated heterocycles. The Morgan fingerprint density at radius 3 is 2.20 bits per heavy atom. The van der Waals surface area contributed by atoms with E-state index in [2.05, 4.69) is 4.90 Å². The van der Waals surface area contributed by atoms with E-state index in [-0.39, 0.29) is 6.54 Å². The van der Waals surface area contributed by atoms with Crippen molar-refractivity contribution < 1.29 is 19.8 Å². The van der Waals surface area contributed by atoms with E-state index in [9.17, 15) is 9.59 Å². The number of nitrogens with zero attached hydrogens (tertiary/aromatic N) is 2. The quantitative estimate of drug-likeness (QED) is 0.692. The molecule has 116 valence electrons. The van der Waals surface area contributed by atoms with E-state index in [1.54, 1.807) is 18.7 Å². The summed E-state index contributed by atoms with van der Waals surface area (Å²) in [6.07, 6.45) is 3.65. The van der Waals surface area contributed by atoms with E-state index in [0.717, 1.165) is 19.6 Å². The molecule has 2 unspecified atom stereocenters. The summed E-state index contributed by atoms with van der Waals surface area (Å²) in [4.78, 5) is 26.2. The minimum atomic E-state index is -0.902. The molecule has 0 aliphatic carbocycles. The molecular weight excluding hydrogens is 260 g/mol. The Hall–Kier alpha value is -1.14. The molecule has 2 atom stereocenters. The Balaban J connectivity index is 2.52. The van der Waals surface area contributed by atoms with E-state index < -0.39 is 23.9 Å². The largest absolute Gasteiger partial charge is 0.481 e. The minimum absolute atomic E-state index is 0.274. The van der Waals surface area contributed by atoms with E-state index >= 15 is 0 Å². The van der Waals surface area contributed by atoms with Crippen LogP contribution in [0.2, 0.25) is 0 Å². The average Bonchev–Trinajstić information content (AvgIpc) is 2.43. The number of piperidine rings is 1. The molecule has 0 aromatic carbocycles. The third kappa shape index (κ3) is 5.46. The Morgan fingerprint density at radius 2 is 1.70 bits per heavy atom. The first-order valence-electron chi connectivity index (χ1n) is 7.34. The van der Waals surface area contributed by atoms with Gasteiger partial charge in [-0.1, -0.05) is 13.3 Å². The summed E-state index contributed by atoms with van der Waals surface area (Å²) < 4.78 is 0. The SMILES string of the molecule is CC(CN(CCN1CCCCC1)C(C)C(=O)O)C(=O)O. The highest BCUT2D eigenvalue weighted by molar-refractivity contribution is 5.73. The molecule has 1 fully saturated rings. The predicted octanol–water partition coefficient (Wildman–Crippen LogP) is 0.968. The number of aliphatic carboxylic acids is 2. The molecular formula is C14H26N2O4. The molecule has 1 heterocycles. The van der Waals surface area contributed by atoms with Crippen molar-refractivity contribution in [3.05, 3.63) is 0 Å². The molecule has 0 amide bonds. The van der Waals surface area contributed by atoms with Crippen molar-refractivity contribution in [3.63, 3.8) is 0 Å². The monoisotopic (exact) mass is 286 g/mol. The second-order valence-electron chi connectivity index (χ2n) is 5.65. The first kappa shape index (κ1) is 16.9. The van der Waals surface area contributed by atoms with E-state index in [1.807, 2.05) is 0 Å². The van der Waals surface area contributed by atoms with Gasteiger partial charge in [0.15, 0.2) is 0 Å². The van der Waals surface area contributed by atoms with Gasteiger partial charge >= 0.3 is 11.9 Å². The van der Waals surface area contributed by atoms with Gasteiger partial charge in [0.05, 0.1) is 5.92 Å². The van der Waals surface area contributed by atoms with Gasteiger partial charge in [-0.15, -0.1) is 0 Å². The number of rotatable bonds is 8. The van der Waals surface area contributed by atoms with Crippen molar-refractivity contribution in [2.45, 2.75) is 39.2 Å². The molecule has 0 radical (unpaired) electrons. The van der Waals surface area contributed by atoms with Gasteiger partial charge in [-0.05, 0) is 32.9 Å². The number of carboxylic acid groups (broad SMARTS) is 2. The van der Waals surface area contributed by atoms with Gasteiger partial charge in [0.2, 0.25) is 0 Å². The zero-order valence-electron chi connectivity index (χ0n) is 12.4. The maximum Gasteiger partial charge on any atom is 0.320 e. The molecule has 0 bridgehead atoms. The fourth-order valence-electron chi connectivity index (χ4n) is 2.48. The lowest BCUT2D eigenvalue weighted by molar-refractivity contribution is -0.146. The molecule has 6 heteroatoms. The number of hydrogen-bond acceptors (Lipinski definition) is 4. The normalized spacial score (nSPS) is 19.8. The molecule has 20 heavy (non-hydrogen) atoms. The molecule has 2 N–H and O–H groups in total. The third-order valence-electron chi connectivity index (χ3n) is 3.99. The van der Waals surface area contributed by atoms with Crippen LogP contribution in [0.5, 0.6) is 0 Å². The van der Waals surface area contributed by atoms with Gasteiger partial charge in [0.1, 0.15) is 6.04 Å². The highest BCUT2D eigenvalue weighted by Gasteiger charge is 2.25. The summed E-state index contributed by atoms with van der Waals surface area (Å²) >= 11 is 0. The van der Waals surface area contributed by atoms with Crippen molar-refractivity contribution in [1.29, 1.82) is 0 Å². The van der Waals surface area contributed by atoms with Crippen LogP contribution in [0.1, 0.15) is 33.1 Å². The van der Waals surface area contributed by atoms with Crippen LogP contribution in [-0.2, 0) is 9.59 Å². The summed E-state index contributed by atoms with van der Waals surface area (Å²) in [6.45, 7) is 7.04. The first-order chi connectivity index (χ1) is 9.41. The lowest BCUT2D eigenvalue weighted by Crippen LogP contribution is -2.46. The molecule has 0 saturated carbocycles. The van der Waals surface area contributed by atoms with Gasteiger partial charge in [0, 0.05) is 19.6 Å². The summed E-state index contributed by atoms with van der Waals surface area (Å²) in [5.74, 6) is -2.34. The topological polar surface area (TPSA) is 81.1 Å². The predicted molar refractivity (Wildman–Crippen MR) is 75.8 cm³/mol. The van der Waals surface area contributed by atoms with Crippen LogP contribution in [0.15, 0.2) is 0 Å². The average molecular weight is 286 g/mol. The van der Waals surface area contributed by atoms with Crippen LogP contribution in [0.4, 0.5) is 0 Å². The molecule has 1 aliphatic heterocycles. The summed E-state index contributed by atoms with van der Waals surface area (Å²) in [7, 11) is 0. The van der Waals surface area contributed by atoms with Crippen LogP contribution in [0.25, 0.3) is 0 Å². The highest BCUT2D eigenvalue weighted by Crippen LogP contribution is 2.10. The van der Waals surface area contributed by atoms with Gasteiger partial charge in [-0.3, -0.25) is 14.5 Å². The van der Waals surface area contributed by atoms with Crippen LogP contribution >= 0.6 is 0 Å². The van der Waals surface area contributed by atoms with Crippen LogP contribution in [0.3, 0.4) is 0 Å². The van der Waals surface area contributed by atoms with E-state index in [1.165, 1.54) is 19.3 Å². The Kier molecular flexibility index (Phi) is 6.95. The van der Waals surface area contributed by atoms with Crippen molar-refractivity contribution in [1.82, 2.24) is 9.80 Å². The van der Waals surface area contributed by atoms with Gasteiger partial charge < -0.3 is 15.1 Å². The smallest absolute Gasteiger partial charge is 0.320 e. The van der Waals surface area contributed by atoms with Crippen LogP contribution in [0, 0.1) is 5.92 Å². The van der Waals surface area contributed by atoms with Crippen molar-refractivity contribution in [2.75, 3.05) is 32.7 Å². The Labute approximate surface area is 120 Å². The summed E-state index contributed by atoms with van der Waals surface area (Å²) in [6, 6.07) is -0.651. The van der Waals surface area contributed by atoms with Gasteiger partial charge in [-0.25, -0.2) is 0 Å². The standard InChI is InChI=1S/C14H26N2O4/c1-11(13(17)18)10-16(12(2)14(19)20)9-8-15-6-4-3-5-7-15/h11-12H,3-10H2,1-2H3,(H,17,18)(H,19,20). The van der Waals surface area contributed by atoms with Crippen LogP contribution < -0.4 is 0 Å².